The van der Waals surface area contributed by atoms with E-state index in [0.717, 1.165) is 46.6 Å². The predicted molar refractivity (Wildman–Crippen MR) is 126 cm³/mol. The van der Waals surface area contributed by atoms with Crippen LogP contribution in [0.15, 0.2) is 71.6 Å². The third kappa shape index (κ3) is 6.32. The summed E-state index contributed by atoms with van der Waals surface area (Å²) < 4.78 is 42.9. The lowest BCUT2D eigenvalue weighted by atomic mass is 10.1. The van der Waals surface area contributed by atoms with Gasteiger partial charge >= 0.3 is 16.1 Å². The van der Waals surface area contributed by atoms with Crippen molar-refractivity contribution in [2.24, 2.45) is 0 Å². The topological polar surface area (TPSA) is 75.7 Å². The van der Waals surface area contributed by atoms with Crippen LogP contribution in [0.4, 0.5) is 14.9 Å². The van der Waals surface area contributed by atoms with E-state index in [1.165, 1.54) is 12.1 Å². The monoisotopic (exact) mass is 470 g/mol. The third-order valence-electron chi connectivity index (χ3n) is 5.23. The van der Waals surface area contributed by atoms with Crippen molar-refractivity contribution in [2.45, 2.75) is 45.2 Å². The Balaban J connectivity index is 1.69. The maximum atomic E-state index is 13.1. The molecule has 3 aromatic carbocycles. The zero-order chi connectivity index (χ0) is 24.2. The van der Waals surface area contributed by atoms with Gasteiger partial charge in [0.2, 0.25) is 0 Å². The van der Waals surface area contributed by atoms with Crippen LogP contribution in [0.25, 0.3) is 0 Å². The first kappa shape index (κ1) is 24.3. The molecule has 0 saturated carbocycles. The molecule has 3 rings (SSSR count). The highest BCUT2D eigenvalue weighted by molar-refractivity contribution is 7.87. The number of anilines is 1. The molecule has 2 amide bonds. The Hall–Kier alpha value is -3.39. The van der Waals surface area contributed by atoms with E-state index < -0.39 is 15.9 Å². The minimum absolute atomic E-state index is 0.0636. The van der Waals surface area contributed by atoms with Crippen molar-refractivity contribution in [3.8, 4) is 5.75 Å². The number of hydrogen-bond acceptors (Lipinski definition) is 4. The van der Waals surface area contributed by atoms with Crippen LogP contribution in [0.2, 0.25) is 0 Å². The molecule has 0 heterocycles. The molecule has 0 aliphatic heterocycles. The second kappa shape index (κ2) is 10.0. The molecule has 8 heteroatoms. The van der Waals surface area contributed by atoms with Crippen molar-refractivity contribution >= 4 is 21.8 Å². The molecule has 0 fully saturated rings. The smallest absolute Gasteiger partial charge is 0.339 e. The zero-order valence-electron chi connectivity index (χ0n) is 19.0. The first-order chi connectivity index (χ1) is 15.5. The number of amides is 2. The fourth-order valence-electron chi connectivity index (χ4n) is 3.13. The average molecular weight is 471 g/mol. The minimum atomic E-state index is -4.08. The van der Waals surface area contributed by atoms with Gasteiger partial charge in [0.25, 0.3) is 0 Å². The first-order valence-corrected chi connectivity index (χ1v) is 11.9. The molecule has 0 saturated heterocycles. The normalized spacial score (nSPS) is 11.3. The molecule has 0 aromatic heterocycles. The molecule has 0 unspecified atom stereocenters. The standard InChI is InChI=1S/C25H27FN2O4S/c1-17(2)28(25(29)27-22-10-5-18(3)19(4)15-22)16-20-6-11-23(12-7-20)32-33(30,31)24-13-8-21(26)9-14-24/h5-15,17H,16H2,1-4H3,(H,27,29). The number of nitrogens with zero attached hydrogens (tertiary/aromatic N) is 1. The number of carbonyl (C=O) groups is 1. The Kier molecular flexibility index (Phi) is 7.38. The summed E-state index contributed by atoms with van der Waals surface area (Å²) in [5.41, 5.74) is 3.78. The van der Waals surface area contributed by atoms with Crippen LogP contribution < -0.4 is 9.50 Å². The Morgan fingerprint density at radius 2 is 1.61 bits per heavy atom. The molecular formula is C25H27FN2O4S. The van der Waals surface area contributed by atoms with E-state index in [9.17, 15) is 17.6 Å². The summed E-state index contributed by atoms with van der Waals surface area (Å²) >= 11 is 0. The van der Waals surface area contributed by atoms with Gasteiger partial charge in [0, 0.05) is 18.3 Å². The lowest BCUT2D eigenvalue weighted by Gasteiger charge is -2.27. The zero-order valence-corrected chi connectivity index (χ0v) is 19.8. The molecule has 0 aliphatic rings. The number of nitrogens with one attached hydrogen (secondary N) is 1. The van der Waals surface area contributed by atoms with Gasteiger partial charge in [0.15, 0.2) is 0 Å². The number of hydrogen-bond donors (Lipinski definition) is 1. The highest BCUT2D eigenvalue weighted by Crippen LogP contribution is 2.21. The second-order valence-corrected chi connectivity index (χ2v) is 9.63. The van der Waals surface area contributed by atoms with Gasteiger partial charge in [0.05, 0.1) is 0 Å². The Bertz CT molecular complexity index is 1220. The molecule has 174 valence electrons. The number of rotatable bonds is 7. The summed E-state index contributed by atoms with van der Waals surface area (Å²) in [5, 5.41) is 2.93. The molecular weight excluding hydrogens is 443 g/mol. The number of urea groups is 1. The van der Waals surface area contributed by atoms with E-state index in [2.05, 4.69) is 5.32 Å². The summed E-state index contributed by atoms with van der Waals surface area (Å²) in [6, 6.07) is 16.3. The maximum absolute atomic E-state index is 13.1. The number of aryl methyl sites for hydroxylation is 2. The number of benzene rings is 3. The van der Waals surface area contributed by atoms with Gasteiger partial charge in [-0.3, -0.25) is 0 Å². The van der Waals surface area contributed by atoms with E-state index in [0.29, 0.717) is 6.54 Å². The van der Waals surface area contributed by atoms with E-state index in [1.54, 1.807) is 17.0 Å². The van der Waals surface area contributed by atoms with E-state index in [-0.39, 0.29) is 22.7 Å². The van der Waals surface area contributed by atoms with Crippen molar-refractivity contribution in [2.75, 3.05) is 5.32 Å². The molecule has 3 aromatic rings. The summed E-state index contributed by atoms with van der Waals surface area (Å²) in [4.78, 5) is 14.4. The van der Waals surface area contributed by atoms with Crippen molar-refractivity contribution in [1.82, 2.24) is 4.90 Å². The summed E-state index contributed by atoms with van der Waals surface area (Å²) in [6.45, 7) is 8.18. The maximum Gasteiger partial charge on any atom is 0.339 e. The lowest BCUT2D eigenvalue weighted by Crippen LogP contribution is -2.39. The van der Waals surface area contributed by atoms with Crippen LogP contribution in [-0.4, -0.2) is 25.4 Å². The largest absolute Gasteiger partial charge is 0.379 e. The molecule has 33 heavy (non-hydrogen) atoms. The van der Waals surface area contributed by atoms with Crippen LogP contribution in [0.1, 0.15) is 30.5 Å². The lowest BCUT2D eigenvalue weighted by molar-refractivity contribution is 0.193. The molecule has 1 N–H and O–H groups in total. The van der Waals surface area contributed by atoms with Crippen LogP contribution in [0.3, 0.4) is 0 Å². The van der Waals surface area contributed by atoms with Crippen molar-refractivity contribution < 1.29 is 21.8 Å². The van der Waals surface area contributed by atoms with Gasteiger partial charge in [-0.2, -0.15) is 8.42 Å². The van der Waals surface area contributed by atoms with E-state index in [1.807, 2.05) is 45.9 Å². The highest BCUT2D eigenvalue weighted by Gasteiger charge is 2.19. The van der Waals surface area contributed by atoms with Crippen molar-refractivity contribution in [3.05, 3.63) is 89.2 Å². The fraction of sp³-hybridized carbons (Fsp3) is 0.240. The van der Waals surface area contributed by atoms with Crippen LogP contribution in [-0.2, 0) is 16.7 Å². The molecule has 0 aliphatic carbocycles. The van der Waals surface area contributed by atoms with Gasteiger partial charge in [-0.15, -0.1) is 0 Å². The highest BCUT2D eigenvalue weighted by atomic mass is 32.2. The minimum Gasteiger partial charge on any atom is -0.379 e. The van der Waals surface area contributed by atoms with Gasteiger partial charge in [0.1, 0.15) is 16.5 Å². The molecule has 0 atom stereocenters. The average Bonchev–Trinajstić information content (AvgIpc) is 2.75. The van der Waals surface area contributed by atoms with Gasteiger partial charge in [-0.05, 0) is 92.9 Å². The molecule has 0 spiro atoms. The van der Waals surface area contributed by atoms with Gasteiger partial charge in [-0.1, -0.05) is 18.2 Å². The first-order valence-electron chi connectivity index (χ1n) is 10.5. The second-order valence-electron chi connectivity index (χ2n) is 8.09. The van der Waals surface area contributed by atoms with Crippen LogP contribution in [0.5, 0.6) is 5.75 Å². The SMILES string of the molecule is Cc1ccc(NC(=O)N(Cc2ccc(OS(=O)(=O)c3ccc(F)cc3)cc2)C(C)C)cc1C. The van der Waals surface area contributed by atoms with Crippen molar-refractivity contribution in [1.29, 1.82) is 0 Å². The Morgan fingerprint density at radius 1 is 0.970 bits per heavy atom. The summed E-state index contributed by atoms with van der Waals surface area (Å²) in [7, 11) is -4.08. The van der Waals surface area contributed by atoms with E-state index in [4.69, 9.17) is 4.18 Å². The summed E-state index contributed by atoms with van der Waals surface area (Å²) in [6.07, 6.45) is 0. The summed E-state index contributed by atoms with van der Waals surface area (Å²) in [5.74, 6) is -0.409. The Morgan fingerprint density at radius 3 is 2.18 bits per heavy atom. The third-order valence-corrected chi connectivity index (χ3v) is 6.49. The quantitative estimate of drug-likeness (QED) is 0.453. The Labute approximate surface area is 194 Å². The molecule has 0 radical (unpaired) electrons. The van der Waals surface area contributed by atoms with E-state index >= 15 is 0 Å². The molecule has 6 nitrogen and oxygen atoms in total. The number of halogens is 1. The number of carbonyl (C=O) groups excluding carboxylic acids is 1. The van der Waals surface area contributed by atoms with Crippen LogP contribution in [0, 0.1) is 19.7 Å². The van der Waals surface area contributed by atoms with Crippen molar-refractivity contribution in [3.63, 3.8) is 0 Å². The fourth-order valence-corrected chi connectivity index (χ4v) is 4.06. The van der Waals surface area contributed by atoms with Gasteiger partial charge in [-0.25, -0.2) is 9.18 Å². The van der Waals surface area contributed by atoms with Crippen LogP contribution >= 0.6 is 0 Å². The predicted octanol–water partition coefficient (Wildman–Crippen LogP) is 5.65. The van der Waals surface area contributed by atoms with Gasteiger partial charge < -0.3 is 14.4 Å². The molecule has 0 bridgehead atoms.